The van der Waals surface area contributed by atoms with Gasteiger partial charge in [0, 0.05) is 18.0 Å². The Hall–Kier alpha value is -0.520. The summed E-state index contributed by atoms with van der Waals surface area (Å²) in [6, 6.07) is 2.30. The second kappa shape index (κ2) is 5.01. The average molecular weight is 226 g/mol. The first-order chi connectivity index (χ1) is 7.36. The summed E-state index contributed by atoms with van der Waals surface area (Å²) in [6.07, 6.45) is 4.39. The van der Waals surface area contributed by atoms with Crippen LogP contribution in [0.4, 0.5) is 0 Å². The molecule has 0 aliphatic carbocycles. The molecule has 0 saturated carbocycles. The van der Waals surface area contributed by atoms with Gasteiger partial charge < -0.3 is 0 Å². The molecule has 3 N–H and O–H groups in total. The summed E-state index contributed by atoms with van der Waals surface area (Å²) < 4.78 is 2.02. The van der Waals surface area contributed by atoms with Crippen molar-refractivity contribution in [2.75, 3.05) is 5.75 Å². The van der Waals surface area contributed by atoms with Gasteiger partial charge in [0.15, 0.2) is 0 Å². The predicted octanol–water partition coefficient (Wildman–Crippen LogP) is 1.30. The van der Waals surface area contributed by atoms with Crippen molar-refractivity contribution in [3.05, 3.63) is 18.0 Å². The zero-order valence-corrected chi connectivity index (χ0v) is 9.83. The Morgan fingerprint density at radius 1 is 1.80 bits per heavy atom. The minimum Gasteiger partial charge on any atom is -0.271 e. The molecule has 0 spiro atoms. The molecular formula is C10H18N4S. The number of hydrogen-bond donors (Lipinski definition) is 2. The number of nitrogens with one attached hydrogen (secondary N) is 1. The molecule has 0 aromatic carbocycles. The largest absolute Gasteiger partial charge is 0.271 e. The summed E-state index contributed by atoms with van der Waals surface area (Å²) in [5.41, 5.74) is 4.15. The summed E-state index contributed by atoms with van der Waals surface area (Å²) in [5.74, 6) is 6.92. The van der Waals surface area contributed by atoms with E-state index in [4.69, 9.17) is 5.84 Å². The van der Waals surface area contributed by atoms with Gasteiger partial charge in [0.25, 0.3) is 0 Å². The number of nitrogens with zero attached hydrogens (tertiary/aromatic N) is 2. The summed E-state index contributed by atoms with van der Waals surface area (Å²) in [7, 11) is 0. The van der Waals surface area contributed by atoms with Crippen LogP contribution in [0.1, 0.15) is 31.5 Å². The molecule has 1 aliphatic heterocycles. The number of aromatic nitrogens is 2. The van der Waals surface area contributed by atoms with Crippen molar-refractivity contribution in [2.45, 2.75) is 37.6 Å². The first-order valence-electron chi connectivity index (χ1n) is 5.46. The van der Waals surface area contributed by atoms with Crippen molar-refractivity contribution in [3.63, 3.8) is 0 Å². The number of nitrogens with two attached hydrogens (primary N) is 1. The molecule has 84 valence electrons. The van der Waals surface area contributed by atoms with Crippen LogP contribution in [0, 0.1) is 0 Å². The highest BCUT2D eigenvalue weighted by Crippen LogP contribution is 2.35. The first-order valence-corrected chi connectivity index (χ1v) is 6.51. The zero-order valence-electron chi connectivity index (χ0n) is 9.02. The van der Waals surface area contributed by atoms with E-state index in [2.05, 4.69) is 23.5 Å². The lowest BCUT2D eigenvalue weighted by atomic mass is 10.1. The third-order valence-electron chi connectivity index (χ3n) is 2.88. The summed E-state index contributed by atoms with van der Waals surface area (Å²) in [5, 5.41) is 4.88. The Morgan fingerprint density at radius 2 is 2.67 bits per heavy atom. The van der Waals surface area contributed by atoms with Gasteiger partial charge in [0.1, 0.15) is 0 Å². The van der Waals surface area contributed by atoms with Crippen molar-refractivity contribution in [2.24, 2.45) is 5.84 Å². The molecule has 2 unspecified atom stereocenters. The van der Waals surface area contributed by atoms with Crippen LogP contribution in [-0.4, -0.2) is 20.8 Å². The topological polar surface area (TPSA) is 55.9 Å². The Kier molecular flexibility index (Phi) is 3.66. The van der Waals surface area contributed by atoms with Crippen LogP contribution >= 0.6 is 11.8 Å². The molecular weight excluding hydrogens is 208 g/mol. The van der Waals surface area contributed by atoms with E-state index in [0.717, 1.165) is 6.54 Å². The Balaban J connectivity index is 2.17. The van der Waals surface area contributed by atoms with Gasteiger partial charge in [-0.2, -0.15) is 16.9 Å². The lowest BCUT2D eigenvalue weighted by Gasteiger charge is -2.22. The maximum Gasteiger partial charge on any atom is 0.0747 e. The number of hydrazine groups is 1. The van der Waals surface area contributed by atoms with Crippen LogP contribution < -0.4 is 11.3 Å². The zero-order chi connectivity index (χ0) is 10.7. The third-order valence-corrected chi connectivity index (χ3v) is 4.34. The SMILES string of the molecule is CCn1nccc1C(NN)C1CCCS1. The molecule has 2 atom stereocenters. The van der Waals surface area contributed by atoms with Crippen LogP contribution in [0.2, 0.25) is 0 Å². The quantitative estimate of drug-likeness (QED) is 0.600. The molecule has 1 aliphatic rings. The van der Waals surface area contributed by atoms with Gasteiger partial charge in [-0.25, -0.2) is 0 Å². The molecule has 5 heteroatoms. The van der Waals surface area contributed by atoms with E-state index in [-0.39, 0.29) is 6.04 Å². The fourth-order valence-corrected chi connectivity index (χ4v) is 3.50. The maximum absolute atomic E-state index is 5.66. The molecule has 1 aromatic rings. The fourth-order valence-electron chi connectivity index (χ4n) is 2.12. The Labute approximate surface area is 94.6 Å². The second-order valence-electron chi connectivity index (χ2n) is 3.77. The standard InChI is InChI=1S/C10H18N4S/c1-2-14-8(5-6-12-14)10(13-11)9-4-3-7-15-9/h5-6,9-10,13H,2-4,7,11H2,1H3. The lowest BCUT2D eigenvalue weighted by molar-refractivity contribution is 0.471. The van der Waals surface area contributed by atoms with Gasteiger partial charge in [0.2, 0.25) is 0 Å². The van der Waals surface area contributed by atoms with Crippen LogP contribution in [0.5, 0.6) is 0 Å². The van der Waals surface area contributed by atoms with Gasteiger partial charge in [-0.3, -0.25) is 16.0 Å². The van der Waals surface area contributed by atoms with E-state index >= 15 is 0 Å². The van der Waals surface area contributed by atoms with Crippen LogP contribution in [-0.2, 0) is 6.54 Å². The highest BCUT2D eigenvalue weighted by Gasteiger charge is 2.28. The molecule has 0 bridgehead atoms. The van der Waals surface area contributed by atoms with E-state index in [1.165, 1.54) is 24.3 Å². The fraction of sp³-hybridized carbons (Fsp3) is 0.700. The number of thioether (sulfide) groups is 1. The van der Waals surface area contributed by atoms with Crippen LogP contribution in [0.15, 0.2) is 12.3 Å². The van der Waals surface area contributed by atoms with E-state index < -0.39 is 0 Å². The minimum absolute atomic E-state index is 0.236. The normalized spacial score (nSPS) is 23.2. The minimum atomic E-state index is 0.236. The third kappa shape index (κ3) is 2.19. The van der Waals surface area contributed by atoms with E-state index in [1.54, 1.807) is 0 Å². The second-order valence-corrected chi connectivity index (χ2v) is 5.11. The molecule has 4 nitrogen and oxygen atoms in total. The molecule has 0 amide bonds. The van der Waals surface area contributed by atoms with Gasteiger partial charge in [-0.1, -0.05) is 0 Å². The van der Waals surface area contributed by atoms with E-state index in [1.807, 2.05) is 22.6 Å². The molecule has 1 saturated heterocycles. The van der Waals surface area contributed by atoms with E-state index in [9.17, 15) is 0 Å². The number of aryl methyl sites for hydroxylation is 1. The Morgan fingerprint density at radius 3 is 3.27 bits per heavy atom. The van der Waals surface area contributed by atoms with Gasteiger partial charge >= 0.3 is 0 Å². The molecule has 2 heterocycles. The molecule has 0 radical (unpaired) electrons. The number of rotatable bonds is 4. The summed E-state index contributed by atoms with van der Waals surface area (Å²) in [4.78, 5) is 0. The van der Waals surface area contributed by atoms with Crippen molar-refractivity contribution >= 4 is 11.8 Å². The summed E-state index contributed by atoms with van der Waals surface area (Å²) >= 11 is 2.01. The van der Waals surface area contributed by atoms with Crippen molar-refractivity contribution in [1.82, 2.24) is 15.2 Å². The molecule has 2 rings (SSSR count). The van der Waals surface area contributed by atoms with Crippen molar-refractivity contribution in [3.8, 4) is 0 Å². The van der Waals surface area contributed by atoms with Crippen molar-refractivity contribution < 1.29 is 0 Å². The van der Waals surface area contributed by atoms with Crippen LogP contribution in [0.25, 0.3) is 0 Å². The predicted molar refractivity (Wildman–Crippen MR) is 63.4 cm³/mol. The van der Waals surface area contributed by atoms with Gasteiger partial charge in [-0.05, 0) is 31.6 Å². The monoisotopic (exact) mass is 226 g/mol. The molecule has 1 aromatic heterocycles. The van der Waals surface area contributed by atoms with Crippen molar-refractivity contribution in [1.29, 1.82) is 0 Å². The van der Waals surface area contributed by atoms with Gasteiger partial charge in [-0.15, -0.1) is 0 Å². The summed E-state index contributed by atoms with van der Waals surface area (Å²) in [6.45, 7) is 3.00. The molecule has 15 heavy (non-hydrogen) atoms. The maximum atomic E-state index is 5.66. The Bertz CT molecular complexity index is 306. The lowest BCUT2D eigenvalue weighted by Crippen LogP contribution is -2.35. The average Bonchev–Trinajstić information content (AvgIpc) is 2.89. The first kappa shape index (κ1) is 11.0. The smallest absolute Gasteiger partial charge is 0.0747 e. The van der Waals surface area contributed by atoms with Gasteiger partial charge in [0.05, 0.1) is 11.7 Å². The number of hydrogen-bond acceptors (Lipinski definition) is 4. The highest BCUT2D eigenvalue weighted by molar-refractivity contribution is 8.00. The highest BCUT2D eigenvalue weighted by atomic mass is 32.2. The van der Waals surface area contributed by atoms with E-state index in [0.29, 0.717) is 5.25 Å². The molecule has 1 fully saturated rings. The van der Waals surface area contributed by atoms with Crippen LogP contribution in [0.3, 0.4) is 0 Å².